The molecular formula is C15H22O8. The highest BCUT2D eigenvalue weighted by Crippen LogP contribution is 2.28. The Morgan fingerprint density at radius 1 is 1.13 bits per heavy atom. The van der Waals surface area contributed by atoms with Gasteiger partial charge < -0.3 is 23.7 Å². The van der Waals surface area contributed by atoms with Crippen molar-refractivity contribution in [3.8, 4) is 0 Å². The lowest BCUT2D eigenvalue weighted by atomic mass is 10.0. The molecule has 0 spiro atoms. The van der Waals surface area contributed by atoms with E-state index in [2.05, 4.69) is 0 Å². The van der Waals surface area contributed by atoms with Crippen molar-refractivity contribution in [2.75, 3.05) is 6.61 Å². The summed E-state index contributed by atoms with van der Waals surface area (Å²) in [6.07, 6.45) is -1.25. The van der Waals surface area contributed by atoms with E-state index in [1.165, 1.54) is 13.8 Å². The summed E-state index contributed by atoms with van der Waals surface area (Å²) in [5.74, 6) is -0.459. The first-order valence-corrected chi connectivity index (χ1v) is 7.22. The van der Waals surface area contributed by atoms with E-state index >= 15 is 0 Å². The van der Waals surface area contributed by atoms with Crippen molar-refractivity contribution < 1.29 is 38.1 Å². The van der Waals surface area contributed by atoms with E-state index in [1.54, 1.807) is 19.9 Å². The molecule has 0 radical (unpaired) electrons. The van der Waals surface area contributed by atoms with Gasteiger partial charge >= 0.3 is 11.9 Å². The summed E-state index contributed by atoms with van der Waals surface area (Å²) < 4.78 is 26.4. The summed E-state index contributed by atoms with van der Waals surface area (Å²) >= 11 is 0. The Kier molecular flexibility index (Phi) is 7.53. The monoisotopic (exact) mass is 330 g/mol. The summed E-state index contributed by atoms with van der Waals surface area (Å²) in [6.45, 7) is 6.14. The zero-order valence-corrected chi connectivity index (χ0v) is 13.6. The normalized spacial score (nSPS) is 27.7. The molecule has 0 unspecified atom stereocenters. The fraction of sp³-hybridized carbons (Fsp3) is 0.667. The molecule has 1 heterocycles. The lowest BCUT2D eigenvalue weighted by Crippen LogP contribution is -2.54. The third-order valence-electron chi connectivity index (χ3n) is 3.16. The van der Waals surface area contributed by atoms with Crippen LogP contribution in [0, 0.1) is 0 Å². The maximum atomic E-state index is 11.3. The minimum Gasteiger partial charge on any atom is -0.470 e. The molecule has 1 saturated heterocycles. The van der Waals surface area contributed by atoms with Crippen molar-refractivity contribution >= 4 is 18.4 Å². The third kappa shape index (κ3) is 6.27. The number of rotatable bonds is 7. The molecule has 0 saturated carbocycles. The highest BCUT2D eigenvalue weighted by Gasteiger charge is 2.44. The largest absolute Gasteiger partial charge is 0.470 e. The third-order valence-corrected chi connectivity index (χ3v) is 3.16. The molecule has 1 rings (SSSR count). The van der Waals surface area contributed by atoms with Crippen LogP contribution in [0.1, 0.15) is 34.1 Å². The van der Waals surface area contributed by atoms with Crippen LogP contribution in [-0.4, -0.2) is 49.6 Å². The zero-order valence-electron chi connectivity index (χ0n) is 13.6. The van der Waals surface area contributed by atoms with Crippen LogP contribution in [0.4, 0.5) is 0 Å². The Balaban J connectivity index is 2.94. The second-order valence-electron chi connectivity index (χ2n) is 5.01. The van der Waals surface area contributed by atoms with Crippen molar-refractivity contribution in [1.29, 1.82) is 0 Å². The molecule has 0 aromatic carbocycles. The summed E-state index contributed by atoms with van der Waals surface area (Å²) in [4.78, 5) is 33.0. The Labute approximate surface area is 134 Å². The number of carbonyl (C=O) groups excluding carboxylic acids is 3. The first-order valence-electron chi connectivity index (χ1n) is 7.22. The molecule has 8 heteroatoms. The number of hydrogen-bond donors (Lipinski definition) is 0. The predicted molar refractivity (Wildman–Crippen MR) is 76.9 cm³/mol. The van der Waals surface area contributed by atoms with Gasteiger partial charge in [0.25, 0.3) is 6.47 Å². The summed E-state index contributed by atoms with van der Waals surface area (Å²) in [6, 6.07) is 0. The second-order valence-corrected chi connectivity index (χ2v) is 5.01. The second kappa shape index (κ2) is 9.14. The molecule has 4 atom stereocenters. The SMILES string of the molecule is C/C=C(/C)O[C@H]1C[C@@H](OC(C)=O)[C@@H](OC(C)=O)[C@@H](COC=O)O1. The van der Waals surface area contributed by atoms with Crippen molar-refractivity contribution in [1.82, 2.24) is 0 Å². The van der Waals surface area contributed by atoms with Gasteiger partial charge in [-0.1, -0.05) is 0 Å². The highest BCUT2D eigenvalue weighted by atomic mass is 16.7. The van der Waals surface area contributed by atoms with E-state index in [9.17, 15) is 14.4 Å². The van der Waals surface area contributed by atoms with E-state index in [4.69, 9.17) is 23.7 Å². The van der Waals surface area contributed by atoms with Gasteiger partial charge in [0.15, 0.2) is 6.10 Å². The van der Waals surface area contributed by atoms with Crippen LogP contribution in [0.2, 0.25) is 0 Å². The molecule has 0 aromatic rings. The van der Waals surface area contributed by atoms with Gasteiger partial charge in [0.2, 0.25) is 6.29 Å². The van der Waals surface area contributed by atoms with E-state index < -0.39 is 36.5 Å². The van der Waals surface area contributed by atoms with E-state index in [1.807, 2.05) is 0 Å². The van der Waals surface area contributed by atoms with Gasteiger partial charge in [-0.15, -0.1) is 0 Å². The highest BCUT2D eigenvalue weighted by molar-refractivity contribution is 5.67. The van der Waals surface area contributed by atoms with Crippen molar-refractivity contribution in [3.63, 3.8) is 0 Å². The molecule has 1 aliphatic heterocycles. The average Bonchev–Trinajstić information content (AvgIpc) is 2.46. The van der Waals surface area contributed by atoms with Crippen LogP contribution in [-0.2, 0) is 38.1 Å². The van der Waals surface area contributed by atoms with Crippen LogP contribution >= 0.6 is 0 Å². The van der Waals surface area contributed by atoms with Gasteiger partial charge in [0.1, 0.15) is 18.8 Å². The van der Waals surface area contributed by atoms with Crippen LogP contribution in [0.15, 0.2) is 11.8 Å². The number of hydrogen-bond acceptors (Lipinski definition) is 8. The molecule has 0 N–H and O–H groups in total. The van der Waals surface area contributed by atoms with Crippen LogP contribution in [0.25, 0.3) is 0 Å². The number of carbonyl (C=O) groups is 3. The lowest BCUT2D eigenvalue weighted by Gasteiger charge is -2.39. The molecule has 8 nitrogen and oxygen atoms in total. The quantitative estimate of drug-likeness (QED) is 0.296. The Morgan fingerprint density at radius 3 is 2.30 bits per heavy atom. The Morgan fingerprint density at radius 2 is 1.78 bits per heavy atom. The van der Waals surface area contributed by atoms with E-state index in [0.717, 1.165) is 0 Å². The lowest BCUT2D eigenvalue weighted by molar-refractivity contribution is -0.256. The molecule has 130 valence electrons. The standard InChI is InChI=1S/C15H22O8/c1-5-9(2)20-14-6-12(21-10(3)17)15(22-11(4)18)13(23-14)7-19-8-16/h5,8,12-15H,6-7H2,1-4H3/b9-5-/t12-,13-,14-,15-/m1/s1. The molecule has 23 heavy (non-hydrogen) atoms. The fourth-order valence-corrected chi connectivity index (χ4v) is 2.18. The van der Waals surface area contributed by atoms with Crippen molar-refractivity contribution in [2.45, 2.75) is 58.7 Å². The van der Waals surface area contributed by atoms with Crippen LogP contribution in [0.5, 0.6) is 0 Å². The zero-order chi connectivity index (χ0) is 17.4. The smallest absolute Gasteiger partial charge is 0.303 e. The first-order chi connectivity index (χ1) is 10.9. The van der Waals surface area contributed by atoms with Gasteiger partial charge in [-0.25, -0.2) is 0 Å². The van der Waals surface area contributed by atoms with Gasteiger partial charge in [-0.05, 0) is 19.9 Å². The molecular weight excluding hydrogens is 308 g/mol. The van der Waals surface area contributed by atoms with Crippen LogP contribution < -0.4 is 0 Å². The van der Waals surface area contributed by atoms with Gasteiger partial charge in [-0.2, -0.15) is 0 Å². The summed E-state index contributed by atoms with van der Waals surface area (Å²) in [5, 5.41) is 0. The minimum atomic E-state index is -0.887. The van der Waals surface area contributed by atoms with Crippen molar-refractivity contribution in [2.24, 2.45) is 0 Å². The molecule has 1 fully saturated rings. The van der Waals surface area contributed by atoms with E-state index in [-0.39, 0.29) is 19.5 Å². The minimum absolute atomic E-state index is 0.159. The number of ether oxygens (including phenoxy) is 5. The fourth-order valence-electron chi connectivity index (χ4n) is 2.18. The van der Waals surface area contributed by atoms with E-state index in [0.29, 0.717) is 5.76 Å². The molecule has 0 aromatic heterocycles. The maximum Gasteiger partial charge on any atom is 0.303 e. The molecule has 1 aliphatic rings. The molecule has 0 aliphatic carbocycles. The van der Waals surface area contributed by atoms with Crippen LogP contribution in [0.3, 0.4) is 0 Å². The molecule has 0 bridgehead atoms. The number of esters is 2. The van der Waals surface area contributed by atoms with Gasteiger partial charge in [-0.3, -0.25) is 14.4 Å². The topological polar surface area (TPSA) is 97.4 Å². The Hall–Kier alpha value is -2.09. The van der Waals surface area contributed by atoms with Gasteiger partial charge in [0.05, 0.1) is 12.2 Å². The Bertz CT molecular complexity index is 458. The number of allylic oxidation sites excluding steroid dienone is 2. The summed E-state index contributed by atoms with van der Waals surface area (Å²) in [5.41, 5.74) is 0. The first kappa shape index (κ1) is 19.0. The summed E-state index contributed by atoms with van der Waals surface area (Å²) in [7, 11) is 0. The van der Waals surface area contributed by atoms with Gasteiger partial charge in [0, 0.05) is 13.8 Å². The maximum absolute atomic E-state index is 11.3. The average molecular weight is 330 g/mol. The predicted octanol–water partition coefficient (Wildman–Crippen LogP) is 1.08. The van der Waals surface area contributed by atoms with Crippen molar-refractivity contribution in [3.05, 3.63) is 11.8 Å². The molecule has 0 amide bonds.